The van der Waals surface area contributed by atoms with Gasteiger partial charge in [-0.1, -0.05) is 13.8 Å². The summed E-state index contributed by atoms with van der Waals surface area (Å²) in [5, 5.41) is 0. The summed E-state index contributed by atoms with van der Waals surface area (Å²) < 4.78 is 26.9. The average molecular weight is 301 g/mol. The van der Waals surface area contributed by atoms with Gasteiger partial charge in [-0.2, -0.15) is 0 Å². The van der Waals surface area contributed by atoms with E-state index in [1.165, 1.54) is 12.3 Å². The number of hydrogen-bond acceptors (Lipinski definition) is 6. The second-order valence-corrected chi connectivity index (χ2v) is 6.06. The van der Waals surface area contributed by atoms with Gasteiger partial charge in [0.15, 0.2) is 5.82 Å². The normalized spacial score (nSPS) is 11.8. The van der Waals surface area contributed by atoms with Crippen LogP contribution < -0.4 is 16.0 Å². The van der Waals surface area contributed by atoms with Crippen molar-refractivity contribution >= 4 is 15.8 Å². The van der Waals surface area contributed by atoms with Gasteiger partial charge in [0, 0.05) is 19.3 Å². The molecule has 0 aliphatic carbocycles. The minimum absolute atomic E-state index is 0.0565. The van der Waals surface area contributed by atoms with Gasteiger partial charge in [0.05, 0.1) is 0 Å². The first-order chi connectivity index (χ1) is 9.55. The van der Waals surface area contributed by atoms with Crippen molar-refractivity contribution in [3.8, 4) is 0 Å². The van der Waals surface area contributed by atoms with Crippen molar-refractivity contribution in [3.05, 3.63) is 18.3 Å². The second-order valence-electron chi connectivity index (χ2n) is 4.33. The molecule has 7 nitrogen and oxygen atoms in total. The van der Waals surface area contributed by atoms with Crippen LogP contribution in [-0.2, 0) is 10.0 Å². The summed E-state index contributed by atoms with van der Waals surface area (Å²) in [7, 11) is -3.60. The van der Waals surface area contributed by atoms with E-state index in [0.29, 0.717) is 13.1 Å². The van der Waals surface area contributed by atoms with Gasteiger partial charge in [-0.3, -0.25) is 0 Å². The van der Waals surface area contributed by atoms with Crippen LogP contribution >= 0.6 is 0 Å². The summed E-state index contributed by atoms with van der Waals surface area (Å²) in [4.78, 5) is 6.13. The van der Waals surface area contributed by atoms with Crippen molar-refractivity contribution in [2.24, 2.45) is 5.84 Å². The number of hydrogen-bond donors (Lipinski definition) is 3. The number of likely N-dealkylation sites (N-methyl/N-ethyl adjacent to an activating group) is 1. The van der Waals surface area contributed by atoms with Crippen LogP contribution in [-0.4, -0.2) is 44.5 Å². The standard InChI is InChI=1S/C12H23N5O2S/c1-3-9-17(4-2)10-8-15-20(18,19)11-6-5-7-14-12(11)16-13/h5-7,15H,3-4,8-10,13H2,1-2H3,(H,14,16). The Morgan fingerprint density at radius 2 is 2.10 bits per heavy atom. The lowest BCUT2D eigenvalue weighted by atomic mass is 10.4. The number of pyridine rings is 1. The first-order valence-corrected chi connectivity index (χ1v) is 8.17. The summed E-state index contributed by atoms with van der Waals surface area (Å²) in [6, 6.07) is 3.03. The van der Waals surface area contributed by atoms with Crippen LogP contribution in [0.25, 0.3) is 0 Å². The largest absolute Gasteiger partial charge is 0.307 e. The van der Waals surface area contributed by atoms with Crippen LogP contribution in [0.2, 0.25) is 0 Å². The van der Waals surface area contributed by atoms with Crippen LogP contribution in [0.4, 0.5) is 5.82 Å². The fourth-order valence-electron chi connectivity index (χ4n) is 1.88. The first-order valence-electron chi connectivity index (χ1n) is 6.68. The van der Waals surface area contributed by atoms with Crippen molar-refractivity contribution in [2.45, 2.75) is 25.2 Å². The SMILES string of the molecule is CCCN(CC)CCNS(=O)(=O)c1cccnc1NN. The molecule has 0 aliphatic heterocycles. The minimum atomic E-state index is -3.60. The Kier molecular flexibility index (Phi) is 6.86. The fourth-order valence-corrected chi connectivity index (χ4v) is 3.02. The molecule has 0 saturated heterocycles. The van der Waals surface area contributed by atoms with E-state index in [4.69, 9.17) is 5.84 Å². The van der Waals surface area contributed by atoms with Gasteiger partial charge in [0.1, 0.15) is 4.90 Å². The zero-order chi connectivity index (χ0) is 15.0. The molecule has 1 rings (SSSR count). The van der Waals surface area contributed by atoms with Gasteiger partial charge >= 0.3 is 0 Å². The molecule has 0 spiro atoms. The summed E-state index contributed by atoms with van der Waals surface area (Å²) in [6.45, 7) is 7.05. The number of nitrogens with zero attached hydrogens (tertiary/aromatic N) is 2. The zero-order valence-electron chi connectivity index (χ0n) is 12.0. The molecule has 1 aromatic heterocycles. The highest BCUT2D eigenvalue weighted by Crippen LogP contribution is 2.16. The molecule has 20 heavy (non-hydrogen) atoms. The van der Waals surface area contributed by atoms with Crippen LogP contribution in [0.3, 0.4) is 0 Å². The highest BCUT2D eigenvalue weighted by atomic mass is 32.2. The predicted octanol–water partition coefficient (Wildman–Crippen LogP) is 0.377. The van der Waals surface area contributed by atoms with Crippen LogP contribution in [0.15, 0.2) is 23.2 Å². The van der Waals surface area contributed by atoms with Gasteiger partial charge < -0.3 is 10.3 Å². The smallest absolute Gasteiger partial charge is 0.244 e. The molecule has 0 bridgehead atoms. The maximum atomic E-state index is 12.2. The maximum absolute atomic E-state index is 12.2. The summed E-state index contributed by atoms with van der Waals surface area (Å²) in [5.41, 5.74) is 2.29. The van der Waals surface area contributed by atoms with Crippen LogP contribution in [0.5, 0.6) is 0 Å². The monoisotopic (exact) mass is 301 g/mol. The Balaban J connectivity index is 2.66. The molecule has 0 aliphatic rings. The van der Waals surface area contributed by atoms with Gasteiger partial charge in [-0.25, -0.2) is 24.0 Å². The highest BCUT2D eigenvalue weighted by molar-refractivity contribution is 7.89. The Morgan fingerprint density at radius 1 is 1.35 bits per heavy atom. The molecule has 0 saturated carbocycles. The van der Waals surface area contributed by atoms with Gasteiger partial charge in [-0.05, 0) is 31.6 Å². The van der Waals surface area contributed by atoms with Crippen LogP contribution in [0, 0.1) is 0 Å². The molecule has 0 unspecified atom stereocenters. The van der Waals surface area contributed by atoms with Crippen molar-refractivity contribution in [1.82, 2.24) is 14.6 Å². The van der Waals surface area contributed by atoms with Gasteiger partial charge in [-0.15, -0.1) is 0 Å². The maximum Gasteiger partial charge on any atom is 0.244 e. The first kappa shape index (κ1) is 16.8. The van der Waals surface area contributed by atoms with Gasteiger partial charge in [0.2, 0.25) is 10.0 Å². The third-order valence-electron chi connectivity index (χ3n) is 2.90. The van der Waals surface area contributed by atoms with E-state index in [2.05, 4.69) is 33.9 Å². The Labute approximate surface area is 120 Å². The third kappa shape index (κ3) is 4.71. The predicted molar refractivity (Wildman–Crippen MR) is 79.6 cm³/mol. The number of sulfonamides is 1. The second kappa shape index (κ2) is 8.15. The molecule has 0 atom stereocenters. The Bertz CT molecular complexity index is 506. The third-order valence-corrected chi connectivity index (χ3v) is 4.40. The minimum Gasteiger partial charge on any atom is -0.307 e. The Morgan fingerprint density at radius 3 is 2.70 bits per heavy atom. The lowest BCUT2D eigenvalue weighted by molar-refractivity contribution is 0.293. The molecule has 4 N–H and O–H groups in total. The average Bonchev–Trinajstić information content (AvgIpc) is 2.46. The van der Waals surface area contributed by atoms with Crippen molar-refractivity contribution < 1.29 is 8.42 Å². The Hall–Kier alpha value is -1.22. The van der Waals surface area contributed by atoms with E-state index in [1.807, 2.05) is 0 Å². The van der Waals surface area contributed by atoms with Crippen molar-refractivity contribution in [3.63, 3.8) is 0 Å². The topological polar surface area (TPSA) is 100 Å². The van der Waals surface area contributed by atoms with E-state index in [0.717, 1.165) is 19.5 Å². The number of aromatic nitrogens is 1. The van der Waals surface area contributed by atoms with E-state index >= 15 is 0 Å². The van der Waals surface area contributed by atoms with Crippen molar-refractivity contribution in [2.75, 3.05) is 31.6 Å². The van der Waals surface area contributed by atoms with Gasteiger partial charge in [0.25, 0.3) is 0 Å². The molecule has 8 heteroatoms. The molecule has 114 valence electrons. The fraction of sp³-hybridized carbons (Fsp3) is 0.583. The van der Waals surface area contributed by atoms with E-state index in [-0.39, 0.29) is 10.7 Å². The highest BCUT2D eigenvalue weighted by Gasteiger charge is 2.18. The number of nitrogen functional groups attached to an aromatic ring is 1. The molecule has 0 aromatic carbocycles. The lowest BCUT2D eigenvalue weighted by Gasteiger charge is -2.19. The zero-order valence-corrected chi connectivity index (χ0v) is 12.8. The molecule has 0 radical (unpaired) electrons. The molecular weight excluding hydrogens is 278 g/mol. The van der Waals surface area contributed by atoms with E-state index in [9.17, 15) is 8.42 Å². The van der Waals surface area contributed by atoms with E-state index in [1.54, 1.807) is 6.07 Å². The number of hydrazine groups is 1. The number of rotatable bonds is 9. The molecule has 0 fully saturated rings. The van der Waals surface area contributed by atoms with E-state index < -0.39 is 10.0 Å². The molecule has 1 heterocycles. The summed E-state index contributed by atoms with van der Waals surface area (Å²) in [5.74, 6) is 5.41. The quantitative estimate of drug-likeness (QED) is 0.450. The summed E-state index contributed by atoms with van der Waals surface area (Å²) in [6.07, 6.45) is 2.53. The lowest BCUT2D eigenvalue weighted by Crippen LogP contribution is -2.35. The van der Waals surface area contributed by atoms with Crippen LogP contribution in [0.1, 0.15) is 20.3 Å². The molecule has 0 amide bonds. The number of anilines is 1. The molecular formula is C12H23N5O2S. The number of nitrogens with one attached hydrogen (secondary N) is 2. The van der Waals surface area contributed by atoms with Crippen molar-refractivity contribution in [1.29, 1.82) is 0 Å². The number of nitrogens with two attached hydrogens (primary N) is 1. The summed E-state index contributed by atoms with van der Waals surface area (Å²) >= 11 is 0. The molecule has 1 aromatic rings.